The molecule has 0 fully saturated rings. The van der Waals surface area contributed by atoms with Gasteiger partial charge < -0.3 is 15.7 Å². The number of urea groups is 1. The molecule has 2 amide bonds. The van der Waals surface area contributed by atoms with Gasteiger partial charge in [0.2, 0.25) is 0 Å². The molecule has 0 aliphatic heterocycles. The molecule has 5 nitrogen and oxygen atoms in total. The lowest BCUT2D eigenvalue weighted by Gasteiger charge is -2.12. The van der Waals surface area contributed by atoms with E-state index in [-0.39, 0.29) is 25.1 Å². The molecule has 0 unspecified atom stereocenters. The third-order valence-corrected chi connectivity index (χ3v) is 2.71. The number of nitrogens with one attached hydrogen (secondary N) is 2. The minimum absolute atomic E-state index is 0.0672. The summed E-state index contributed by atoms with van der Waals surface area (Å²) in [7, 11) is 0. The van der Waals surface area contributed by atoms with Crippen molar-refractivity contribution in [2.45, 2.75) is 19.0 Å². The van der Waals surface area contributed by atoms with Gasteiger partial charge in [0, 0.05) is 18.7 Å². The number of carboxylic acid groups (broad SMARTS) is 1. The number of benzene rings is 1. The molecular formula is C12H12ClF3N2O3. The molecule has 0 bridgehead atoms. The predicted molar refractivity (Wildman–Crippen MR) is 70.3 cm³/mol. The van der Waals surface area contributed by atoms with Crippen LogP contribution in [-0.4, -0.2) is 23.7 Å². The van der Waals surface area contributed by atoms with Crippen molar-refractivity contribution < 1.29 is 27.9 Å². The van der Waals surface area contributed by atoms with Gasteiger partial charge in [0.1, 0.15) is 0 Å². The molecule has 21 heavy (non-hydrogen) atoms. The predicted octanol–water partition coefficient (Wildman–Crippen LogP) is 3.35. The lowest BCUT2D eigenvalue weighted by Crippen LogP contribution is -2.29. The van der Waals surface area contributed by atoms with E-state index in [1.807, 2.05) is 0 Å². The summed E-state index contributed by atoms with van der Waals surface area (Å²) in [5, 5.41) is 12.5. The molecule has 116 valence electrons. The van der Waals surface area contributed by atoms with Crippen LogP contribution in [0.4, 0.5) is 23.7 Å². The van der Waals surface area contributed by atoms with Crippen molar-refractivity contribution in [1.29, 1.82) is 0 Å². The molecule has 1 rings (SSSR count). The fourth-order valence-electron chi connectivity index (χ4n) is 1.44. The topological polar surface area (TPSA) is 78.4 Å². The smallest absolute Gasteiger partial charge is 0.417 e. The van der Waals surface area contributed by atoms with E-state index >= 15 is 0 Å². The summed E-state index contributed by atoms with van der Waals surface area (Å²) in [6.45, 7) is 0.0951. The Morgan fingerprint density at radius 1 is 1.29 bits per heavy atom. The first-order chi connectivity index (χ1) is 9.70. The van der Waals surface area contributed by atoms with Crippen LogP contribution < -0.4 is 10.6 Å². The van der Waals surface area contributed by atoms with Gasteiger partial charge in [-0.15, -0.1) is 0 Å². The summed E-state index contributed by atoms with van der Waals surface area (Å²) in [5.74, 6) is -0.996. The summed E-state index contributed by atoms with van der Waals surface area (Å²) < 4.78 is 37.9. The van der Waals surface area contributed by atoms with E-state index in [9.17, 15) is 22.8 Å². The van der Waals surface area contributed by atoms with Crippen LogP contribution in [0.2, 0.25) is 5.02 Å². The number of carboxylic acids is 1. The zero-order chi connectivity index (χ0) is 16.0. The Morgan fingerprint density at radius 3 is 2.52 bits per heavy atom. The molecule has 0 radical (unpaired) electrons. The number of hydrogen-bond donors (Lipinski definition) is 3. The van der Waals surface area contributed by atoms with Gasteiger partial charge in [0.25, 0.3) is 0 Å². The Bertz CT molecular complexity index is 535. The first-order valence-corrected chi connectivity index (χ1v) is 6.21. The van der Waals surface area contributed by atoms with Crippen LogP contribution in [0.1, 0.15) is 18.4 Å². The maximum absolute atomic E-state index is 12.6. The van der Waals surface area contributed by atoms with Crippen LogP contribution >= 0.6 is 11.6 Å². The molecule has 0 aliphatic carbocycles. The fourth-order valence-corrected chi connectivity index (χ4v) is 1.66. The van der Waals surface area contributed by atoms with Crippen LogP contribution in [-0.2, 0) is 11.0 Å². The van der Waals surface area contributed by atoms with Gasteiger partial charge in [-0.1, -0.05) is 11.6 Å². The third-order valence-electron chi connectivity index (χ3n) is 2.38. The first-order valence-electron chi connectivity index (χ1n) is 5.83. The SMILES string of the molecule is O=C(O)CCCNC(=O)Nc1ccc(Cl)c(C(F)(F)F)c1. The van der Waals surface area contributed by atoms with Crippen LogP contribution in [0.3, 0.4) is 0 Å². The fraction of sp³-hybridized carbons (Fsp3) is 0.333. The minimum atomic E-state index is -4.62. The van der Waals surface area contributed by atoms with E-state index in [0.717, 1.165) is 12.1 Å². The molecule has 3 N–H and O–H groups in total. The lowest BCUT2D eigenvalue weighted by molar-refractivity contribution is -0.138. The number of hydrogen-bond acceptors (Lipinski definition) is 2. The van der Waals surface area contributed by atoms with Crippen molar-refractivity contribution in [3.8, 4) is 0 Å². The van der Waals surface area contributed by atoms with Crippen molar-refractivity contribution >= 4 is 29.3 Å². The zero-order valence-electron chi connectivity index (χ0n) is 10.6. The van der Waals surface area contributed by atoms with Gasteiger partial charge >= 0.3 is 18.2 Å². The molecule has 1 aromatic carbocycles. The van der Waals surface area contributed by atoms with E-state index in [1.165, 1.54) is 6.07 Å². The maximum atomic E-state index is 12.6. The van der Waals surface area contributed by atoms with Crippen molar-refractivity contribution in [3.05, 3.63) is 28.8 Å². The van der Waals surface area contributed by atoms with Crippen molar-refractivity contribution in [2.24, 2.45) is 0 Å². The van der Waals surface area contributed by atoms with E-state index in [4.69, 9.17) is 16.7 Å². The van der Waals surface area contributed by atoms with Crippen LogP contribution in [0.5, 0.6) is 0 Å². The maximum Gasteiger partial charge on any atom is 0.417 e. The Morgan fingerprint density at radius 2 is 1.95 bits per heavy atom. The standard InChI is InChI=1S/C12H12ClF3N2O3/c13-9-4-3-7(6-8(9)12(14,15)16)18-11(21)17-5-1-2-10(19)20/h3-4,6H,1-2,5H2,(H,19,20)(H2,17,18,21). The number of carbonyl (C=O) groups excluding carboxylic acids is 1. The number of halogens is 4. The molecule has 9 heteroatoms. The highest BCUT2D eigenvalue weighted by atomic mass is 35.5. The monoisotopic (exact) mass is 324 g/mol. The van der Waals surface area contributed by atoms with Gasteiger partial charge in [0.15, 0.2) is 0 Å². The molecule has 0 heterocycles. The summed E-state index contributed by atoms with van der Waals surface area (Å²) in [4.78, 5) is 21.7. The summed E-state index contributed by atoms with van der Waals surface area (Å²) in [5.41, 5.74) is -1.12. The average molecular weight is 325 g/mol. The molecule has 1 aromatic rings. The Kier molecular flexibility index (Phi) is 5.83. The van der Waals surface area contributed by atoms with Crippen molar-refractivity contribution in [2.75, 3.05) is 11.9 Å². The van der Waals surface area contributed by atoms with Gasteiger partial charge in [-0.3, -0.25) is 4.79 Å². The highest BCUT2D eigenvalue weighted by Crippen LogP contribution is 2.36. The van der Waals surface area contributed by atoms with Crippen LogP contribution in [0, 0.1) is 0 Å². The highest BCUT2D eigenvalue weighted by Gasteiger charge is 2.33. The summed E-state index contributed by atoms with van der Waals surface area (Å²) >= 11 is 5.45. The Balaban J connectivity index is 2.59. The quantitative estimate of drug-likeness (QED) is 0.727. The highest BCUT2D eigenvalue weighted by molar-refractivity contribution is 6.31. The normalized spacial score (nSPS) is 11.0. The molecule has 0 atom stereocenters. The Hall–Kier alpha value is -1.96. The number of aliphatic carboxylic acids is 1. The zero-order valence-corrected chi connectivity index (χ0v) is 11.4. The van der Waals surface area contributed by atoms with Crippen molar-refractivity contribution in [1.82, 2.24) is 5.32 Å². The van der Waals surface area contributed by atoms with Gasteiger partial charge in [-0.2, -0.15) is 13.2 Å². The molecule has 0 saturated carbocycles. The van der Waals surface area contributed by atoms with Crippen LogP contribution in [0.15, 0.2) is 18.2 Å². The average Bonchev–Trinajstić information content (AvgIpc) is 2.35. The van der Waals surface area contributed by atoms with E-state index in [2.05, 4.69) is 10.6 Å². The second kappa shape index (κ2) is 7.16. The van der Waals surface area contributed by atoms with Gasteiger partial charge in [-0.25, -0.2) is 4.79 Å². The summed E-state index contributed by atoms with van der Waals surface area (Å²) in [6, 6.07) is 2.26. The second-order valence-electron chi connectivity index (χ2n) is 4.07. The largest absolute Gasteiger partial charge is 0.481 e. The molecule has 0 aliphatic rings. The Labute approximate surface area is 123 Å². The molecule has 0 aromatic heterocycles. The van der Waals surface area contributed by atoms with Gasteiger partial charge in [0.05, 0.1) is 10.6 Å². The molecule has 0 saturated heterocycles. The van der Waals surface area contributed by atoms with E-state index in [1.54, 1.807) is 0 Å². The lowest BCUT2D eigenvalue weighted by atomic mass is 10.2. The molecule has 0 spiro atoms. The van der Waals surface area contributed by atoms with Crippen molar-refractivity contribution in [3.63, 3.8) is 0 Å². The van der Waals surface area contributed by atoms with Gasteiger partial charge in [-0.05, 0) is 24.6 Å². The number of alkyl halides is 3. The summed E-state index contributed by atoms with van der Waals surface area (Å²) in [6.07, 6.45) is -4.51. The van der Waals surface area contributed by atoms with E-state index in [0.29, 0.717) is 0 Å². The number of carbonyl (C=O) groups is 2. The number of amides is 2. The van der Waals surface area contributed by atoms with Crippen LogP contribution in [0.25, 0.3) is 0 Å². The third kappa shape index (κ3) is 5.90. The minimum Gasteiger partial charge on any atom is -0.481 e. The van der Waals surface area contributed by atoms with E-state index < -0.39 is 28.8 Å². The number of rotatable bonds is 5. The number of anilines is 1. The molecular weight excluding hydrogens is 313 g/mol. The second-order valence-corrected chi connectivity index (χ2v) is 4.48. The first kappa shape index (κ1) is 17.1.